The maximum Gasteiger partial charge on any atom is 0.271 e. The van der Waals surface area contributed by atoms with E-state index in [2.05, 4.69) is 20.8 Å². The molecule has 1 aromatic heterocycles. The predicted molar refractivity (Wildman–Crippen MR) is 87.7 cm³/mol. The highest BCUT2D eigenvalue weighted by Gasteiger charge is 2.22. The first kappa shape index (κ1) is 17.3. The van der Waals surface area contributed by atoms with Crippen molar-refractivity contribution in [1.82, 2.24) is 20.2 Å². The van der Waals surface area contributed by atoms with E-state index in [4.69, 9.17) is 0 Å². The molecular weight excluding hydrogens is 351 g/mol. The highest BCUT2D eigenvalue weighted by Crippen LogP contribution is 2.31. The van der Waals surface area contributed by atoms with E-state index < -0.39 is 16.6 Å². The fourth-order valence-electron chi connectivity index (χ4n) is 2.70. The van der Waals surface area contributed by atoms with Crippen LogP contribution in [0.15, 0.2) is 23.4 Å². The summed E-state index contributed by atoms with van der Waals surface area (Å²) in [5.74, 6) is -1.26. The fraction of sp³-hybridized carbons (Fsp3) is 0.429. The van der Waals surface area contributed by atoms with Gasteiger partial charge in [-0.15, -0.1) is 5.10 Å². The molecule has 1 aliphatic rings. The number of hydrogen-bond acceptors (Lipinski definition) is 7. The number of anilines is 1. The first-order valence-electron chi connectivity index (χ1n) is 7.69. The number of nitro benzene ring substituents is 1. The molecule has 0 unspecified atom stereocenters. The lowest BCUT2D eigenvalue weighted by Gasteiger charge is -2.10. The molecule has 0 spiro atoms. The van der Waals surface area contributed by atoms with Gasteiger partial charge >= 0.3 is 0 Å². The normalized spacial score (nSPS) is 14.6. The summed E-state index contributed by atoms with van der Waals surface area (Å²) in [5, 5.41) is 25.1. The fourth-order valence-corrected chi connectivity index (χ4v) is 3.44. The number of tetrazole rings is 1. The van der Waals surface area contributed by atoms with Crippen molar-refractivity contribution in [3.63, 3.8) is 0 Å². The Morgan fingerprint density at radius 2 is 2.20 bits per heavy atom. The zero-order chi connectivity index (χ0) is 17.8. The van der Waals surface area contributed by atoms with Crippen LogP contribution in [0, 0.1) is 15.9 Å². The Labute approximate surface area is 146 Å². The van der Waals surface area contributed by atoms with Crippen molar-refractivity contribution in [3.05, 3.63) is 34.1 Å². The molecule has 1 saturated carbocycles. The van der Waals surface area contributed by atoms with Gasteiger partial charge in [0.1, 0.15) is 5.82 Å². The maximum absolute atomic E-state index is 13.7. The molecule has 1 aliphatic carbocycles. The number of hydrogen-bond donors (Lipinski definition) is 1. The van der Waals surface area contributed by atoms with Gasteiger partial charge in [0, 0.05) is 12.1 Å². The number of rotatable bonds is 6. The van der Waals surface area contributed by atoms with Gasteiger partial charge in [-0.3, -0.25) is 14.9 Å². The quantitative estimate of drug-likeness (QED) is 0.474. The van der Waals surface area contributed by atoms with Crippen molar-refractivity contribution >= 4 is 29.0 Å². The number of carbonyl (C=O) groups is 1. The minimum atomic E-state index is -0.736. The zero-order valence-electron chi connectivity index (χ0n) is 13.1. The molecule has 25 heavy (non-hydrogen) atoms. The third-order valence-electron chi connectivity index (χ3n) is 3.90. The molecule has 0 bridgehead atoms. The number of nitro groups is 1. The number of non-ortho nitro benzene ring substituents is 1. The van der Waals surface area contributed by atoms with Crippen LogP contribution in [0.3, 0.4) is 0 Å². The molecule has 1 aromatic carbocycles. The number of nitrogens with one attached hydrogen (secondary N) is 1. The molecule has 132 valence electrons. The van der Waals surface area contributed by atoms with Crippen LogP contribution >= 0.6 is 11.8 Å². The Morgan fingerprint density at radius 1 is 1.44 bits per heavy atom. The number of benzene rings is 1. The minimum Gasteiger partial charge on any atom is -0.323 e. The molecular formula is C14H15FN6O3S. The Morgan fingerprint density at radius 3 is 2.92 bits per heavy atom. The van der Waals surface area contributed by atoms with Crippen LogP contribution in [0.1, 0.15) is 31.7 Å². The van der Waals surface area contributed by atoms with E-state index in [9.17, 15) is 19.3 Å². The lowest BCUT2D eigenvalue weighted by atomic mass is 10.2. The monoisotopic (exact) mass is 366 g/mol. The van der Waals surface area contributed by atoms with E-state index in [1.54, 1.807) is 4.68 Å². The number of nitrogens with zero attached hydrogens (tertiary/aromatic N) is 5. The van der Waals surface area contributed by atoms with Crippen molar-refractivity contribution < 1.29 is 14.1 Å². The summed E-state index contributed by atoms with van der Waals surface area (Å²) < 4.78 is 15.4. The minimum absolute atomic E-state index is 0.0325. The molecule has 0 aliphatic heterocycles. The van der Waals surface area contributed by atoms with Crippen LogP contribution in [0.25, 0.3) is 0 Å². The number of amides is 1. The largest absolute Gasteiger partial charge is 0.323 e. The molecule has 3 rings (SSSR count). The first-order valence-corrected chi connectivity index (χ1v) is 8.67. The van der Waals surface area contributed by atoms with Crippen LogP contribution in [0.2, 0.25) is 0 Å². The van der Waals surface area contributed by atoms with E-state index in [-0.39, 0.29) is 23.2 Å². The molecule has 11 heteroatoms. The Hall–Kier alpha value is -2.56. The lowest BCUT2D eigenvalue weighted by molar-refractivity contribution is -0.384. The zero-order valence-corrected chi connectivity index (χ0v) is 13.9. The number of halogens is 1. The van der Waals surface area contributed by atoms with Crippen LogP contribution in [0.5, 0.6) is 0 Å². The second-order valence-electron chi connectivity index (χ2n) is 5.60. The molecule has 2 aromatic rings. The summed E-state index contributed by atoms with van der Waals surface area (Å²) in [5.41, 5.74) is -0.523. The molecule has 0 saturated heterocycles. The molecule has 1 N–H and O–H groups in total. The van der Waals surface area contributed by atoms with Gasteiger partial charge in [0.2, 0.25) is 11.1 Å². The SMILES string of the molecule is O=C(CSc1nnnn1C1CCCC1)Nc1cc([N+](=O)[O-])ccc1F. The highest BCUT2D eigenvalue weighted by atomic mass is 32.2. The van der Waals surface area contributed by atoms with Crippen molar-refractivity contribution in [3.8, 4) is 0 Å². The van der Waals surface area contributed by atoms with Gasteiger partial charge in [0.15, 0.2) is 0 Å². The molecule has 9 nitrogen and oxygen atoms in total. The van der Waals surface area contributed by atoms with Crippen LogP contribution in [0.4, 0.5) is 15.8 Å². The van der Waals surface area contributed by atoms with Gasteiger partial charge in [0.05, 0.1) is 22.4 Å². The average Bonchev–Trinajstić information content (AvgIpc) is 3.25. The summed E-state index contributed by atoms with van der Waals surface area (Å²) in [6, 6.07) is 3.21. The Balaban J connectivity index is 1.61. The number of aromatic nitrogens is 4. The van der Waals surface area contributed by atoms with Crippen LogP contribution in [-0.4, -0.2) is 36.8 Å². The summed E-state index contributed by atoms with van der Waals surface area (Å²) >= 11 is 1.14. The summed E-state index contributed by atoms with van der Waals surface area (Å²) in [4.78, 5) is 22.1. The molecule has 1 fully saturated rings. The Bertz CT molecular complexity index is 793. The number of thioether (sulfide) groups is 1. The van der Waals surface area contributed by atoms with E-state index >= 15 is 0 Å². The van der Waals surface area contributed by atoms with Gasteiger partial charge in [-0.25, -0.2) is 9.07 Å². The van der Waals surface area contributed by atoms with E-state index in [1.165, 1.54) is 0 Å². The summed E-state index contributed by atoms with van der Waals surface area (Å²) in [6.45, 7) is 0. The second-order valence-corrected chi connectivity index (χ2v) is 6.54. The molecule has 1 amide bonds. The van der Waals surface area contributed by atoms with Gasteiger partial charge in [-0.05, 0) is 29.3 Å². The standard InChI is InChI=1S/C14H15FN6O3S/c15-11-6-5-10(21(23)24)7-12(11)16-13(22)8-25-14-17-18-19-20(14)9-3-1-2-4-9/h5-7,9H,1-4,8H2,(H,16,22). The van der Waals surface area contributed by atoms with Crippen LogP contribution in [-0.2, 0) is 4.79 Å². The van der Waals surface area contributed by atoms with Gasteiger partial charge in [-0.2, -0.15) is 0 Å². The van der Waals surface area contributed by atoms with Crippen molar-refractivity contribution in [2.24, 2.45) is 0 Å². The molecule has 0 atom stereocenters. The van der Waals surface area contributed by atoms with Crippen LogP contribution < -0.4 is 5.32 Å². The van der Waals surface area contributed by atoms with Crippen molar-refractivity contribution in [2.45, 2.75) is 36.9 Å². The topological polar surface area (TPSA) is 116 Å². The molecule has 1 heterocycles. The lowest BCUT2D eigenvalue weighted by Crippen LogP contribution is -2.16. The molecule has 0 radical (unpaired) electrons. The van der Waals surface area contributed by atoms with E-state index in [0.29, 0.717) is 5.16 Å². The third-order valence-corrected chi connectivity index (χ3v) is 4.83. The average molecular weight is 366 g/mol. The van der Waals surface area contributed by atoms with E-state index in [1.807, 2.05) is 0 Å². The third kappa shape index (κ3) is 4.10. The van der Waals surface area contributed by atoms with Crippen molar-refractivity contribution in [2.75, 3.05) is 11.1 Å². The summed E-state index contributed by atoms with van der Waals surface area (Å²) in [6.07, 6.45) is 4.26. The maximum atomic E-state index is 13.7. The first-order chi connectivity index (χ1) is 12.0. The number of carbonyl (C=O) groups excluding carboxylic acids is 1. The Kier molecular flexibility index (Phi) is 5.22. The van der Waals surface area contributed by atoms with Crippen molar-refractivity contribution in [1.29, 1.82) is 0 Å². The highest BCUT2D eigenvalue weighted by molar-refractivity contribution is 7.99. The van der Waals surface area contributed by atoms with Gasteiger partial charge in [-0.1, -0.05) is 24.6 Å². The smallest absolute Gasteiger partial charge is 0.271 e. The van der Waals surface area contributed by atoms with E-state index in [0.717, 1.165) is 55.6 Å². The van der Waals surface area contributed by atoms with Gasteiger partial charge in [0.25, 0.3) is 5.69 Å². The second kappa shape index (κ2) is 7.55. The summed E-state index contributed by atoms with van der Waals surface area (Å²) in [7, 11) is 0. The predicted octanol–water partition coefficient (Wildman–Crippen LogP) is 2.57. The van der Waals surface area contributed by atoms with Gasteiger partial charge < -0.3 is 5.32 Å².